The molecular weight excluding hydrogens is 566 g/mol. The van der Waals surface area contributed by atoms with Crippen LogP contribution in [0.15, 0.2) is 47.1 Å². The predicted molar refractivity (Wildman–Crippen MR) is 146 cm³/mol. The SMILES string of the molecule is N#Cc1cc(F)cc2nc(NC3C4CCC3CC(OCc3c(-c5ccccc5OC(F)(F)F)noc3C3CC3)C4)cnc12. The molecule has 7 rings (SSSR count). The molecule has 222 valence electrons. The summed E-state index contributed by atoms with van der Waals surface area (Å²) in [6.45, 7) is 0.177. The van der Waals surface area contributed by atoms with Crippen molar-refractivity contribution in [3.63, 3.8) is 0 Å². The molecule has 0 saturated heterocycles. The third-order valence-electron chi connectivity index (χ3n) is 8.70. The van der Waals surface area contributed by atoms with Gasteiger partial charge in [0, 0.05) is 29.2 Å². The number of nitrogens with zero attached hydrogens (tertiary/aromatic N) is 4. The maximum atomic E-state index is 14.0. The number of hydrogen-bond acceptors (Lipinski definition) is 8. The zero-order valence-corrected chi connectivity index (χ0v) is 22.9. The molecule has 0 spiro atoms. The highest BCUT2D eigenvalue weighted by molar-refractivity contribution is 5.81. The summed E-state index contributed by atoms with van der Waals surface area (Å²) in [6, 6.07) is 10.5. The second kappa shape index (κ2) is 10.8. The number of alkyl halides is 3. The number of rotatable bonds is 8. The average molecular weight is 594 g/mol. The van der Waals surface area contributed by atoms with Gasteiger partial charge in [-0.1, -0.05) is 17.3 Å². The first-order valence-electron chi connectivity index (χ1n) is 14.3. The number of nitrogens with one attached hydrogen (secondary N) is 1. The summed E-state index contributed by atoms with van der Waals surface area (Å²) in [6.07, 6.45) is 2.21. The van der Waals surface area contributed by atoms with E-state index in [1.54, 1.807) is 18.3 Å². The Kier molecular flexibility index (Phi) is 6.92. The van der Waals surface area contributed by atoms with Gasteiger partial charge in [-0.3, -0.25) is 0 Å². The van der Waals surface area contributed by atoms with E-state index in [2.05, 4.69) is 25.2 Å². The molecule has 2 aromatic heterocycles. The molecule has 0 amide bonds. The van der Waals surface area contributed by atoms with Gasteiger partial charge >= 0.3 is 6.36 Å². The van der Waals surface area contributed by atoms with Crippen LogP contribution in [0.1, 0.15) is 61.3 Å². The molecule has 8 nitrogen and oxygen atoms in total. The second-order valence-corrected chi connectivity index (χ2v) is 11.6. The fourth-order valence-electron chi connectivity index (χ4n) is 6.68. The van der Waals surface area contributed by atoms with Gasteiger partial charge in [-0.25, -0.2) is 14.4 Å². The van der Waals surface area contributed by atoms with Gasteiger partial charge in [-0.05, 0) is 68.6 Å². The molecule has 1 N–H and O–H groups in total. The van der Waals surface area contributed by atoms with E-state index >= 15 is 0 Å². The smallest absolute Gasteiger partial charge is 0.405 e. The van der Waals surface area contributed by atoms with Gasteiger partial charge in [0.05, 0.1) is 30.0 Å². The van der Waals surface area contributed by atoms with Crippen molar-refractivity contribution in [2.24, 2.45) is 11.8 Å². The van der Waals surface area contributed by atoms with E-state index in [-0.39, 0.29) is 41.5 Å². The zero-order chi connectivity index (χ0) is 29.7. The molecule has 3 fully saturated rings. The van der Waals surface area contributed by atoms with Crippen LogP contribution in [0, 0.1) is 29.0 Å². The molecule has 43 heavy (non-hydrogen) atoms. The topological polar surface area (TPSA) is 106 Å². The first-order chi connectivity index (χ1) is 20.8. The van der Waals surface area contributed by atoms with Gasteiger partial charge in [-0.2, -0.15) is 5.26 Å². The highest BCUT2D eigenvalue weighted by atomic mass is 19.4. The summed E-state index contributed by atoms with van der Waals surface area (Å²) in [4.78, 5) is 8.89. The lowest BCUT2D eigenvalue weighted by Gasteiger charge is -2.36. The number of para-hydroxylation sites is 1. The molecule has 4 aromatic rings. The molecule has 2 aromatic carbocycles. The minimum absolute atomic E-state index is 0.0398. The molecule has 3 saturated carbocycles. The van der Waals surface area contributed by atoms with E-state index in [0.717, 1.165) is 44.6 Å². The fourth-order valence-corrected chi connectivity index (χ4v) is 6.68. The molecule has 0 radical (unpaired) electrons. The van der Waals surface area contributed by atoms with Crippen LogP contribution in [-0.4, -0.2) is 33.6 Å². The predicted octanol–water partition coefficient (Wildman–Crippen LogP) is 7.26. The Morgan fingerprint density at radius 1 is 1.07 bits per heavy atom. The Morgan fingerprint density at radius 2 is 1.84 bits per heavy atom. The highest BCUT2D eigenvalue weighted by Crippen LogP contribution is 2.47. The number of benzene rings is 2. The van der Waals surface area contributed by atoms with Crippen LogP contribution in [0.4, 0.5) is 23.4 Å². The first-order valence-corrected chi connectivity index (χ1v) is 14.3. The quantitative estimate of drug-likeness (QED) is 0.213. The van der Waals surface area contributed by atoms with Crippen molar-refractivity contribution in [2.45, 2.75) is 69.6 Å². The largest absolute Gasteiger partial charge is 0.573 e. The lowest BCUT2D eigenvalue weighted by atomic mass is 9.82. The molecule has 12 heteroatoms. The highest BCUT2D eigenvalue weighted by Gasteiger charge is 2.44. The van der Waals surface area contributed by atoms with E-state index in [1.807, 2.05) is 6.07 Å². The van der Waals surface area contributed by atoms with Crippen LogP contribution in [0.2, 0.25) is 0 Å². The van der Waals surface area contributed by atoms with E-state index in [9.17, 15) is 22.8 Å². The number of fused-ring (bicyclic) bond motifs is 3. The van der Waals surface area contributed by atoms with Crippen LogP contribution in [-0.2, 0) is 11.3 Å². The number of ether oxygens (including phenoxy) is 2. The first kappa shape index (κ1) is 27.6. The molecule has 2 heterocycles. The number of halogens is 4. The summed E-state index contributed by atoms with van der Waals surface area (Å²) >= 11 is 0. The molecule has 2 bridgehead atoms. The Morgan fingerprint density at radius 3 is 2.56 bits per heavy atom. The minimum atomic E-state index is -4.84. The van der Waals surface area contributed by atoms with E-state index < -0.39 is 12.2 Å². The van der Waals surface area contributed by atoms with Crippen molar-refractivity contribution in [2.75, 3.05) is 5.32 Å². The van der Waals surface area contributed by atoms with Gasteiger partial charge in [0.15, 0.2) is 0 Å². The Labute approximate surface area is 244 Å². The molecular formula is C31H27F4N5O3. The fraction of sp³-hybridized carbons (Fsp3) is 0.419. The standard InChI is InChI=1S/C31H27F4N5O3/c32-20-9-19(13-36)28-24(12-20)38-26(14-37-28)39-27-17-7-8-18(27)11-21(10-17)41-15-23-29(40-43-30(23)16-5-6-16)22-3-1-2-4-25(22)42-31(33,34)35/h1-4,9,12,14,16-18,21,27H,5-8,10-11,15H2,(H,38,39). The van der Waals surface area contributed by atoms with E-state index in [4.69, 9.17) is 9.26 Å². The molecule has 2 atom stereocenters. The van der Waals surface area contributed by atoms with Crippen molar-refractivity contribution in [1.29, 1.82) is 5.26 Å². The summed E-state index contributed by atoms with van der Waals surface area (Å²) in [5.41, 5.74) is 2.02. The third kappa shape index (κ3) is 5.61. The van der Waals surface area contributed by atoms with Crippen molar-refractivity contribution < 1.29 is 31.6 Å². The molecule has 3 aliphatic carbocycles. The monoisotopic (exact) mass is 593 g/mol. The van der Waals surface area contributed by atoms with Crippen LogP contribution in [0.5, 0.6) is 5.75 Å². The van der Waals surface area contributed by atoms with Gasteiger partial charge in [0.25, 0.3) is 0 Å². The van der Waals surface area contributed by atoms with Gasteiger partial charge in [0.2, 0.25) is 0 Å². The van der Waals surface area contributed by atoms with Gasteiger partial charge in [0.1, 0.15) is 40.4 Å². The van der Waals surface area contributed by atoms with Crippen molar-refractivity contribution in [1.82, 2.24) is 15.1 Å². The van der Waals surface area contributed by atoms with Crippen molar-refractivity contribution >= 4 is 16.9 Å². The average Bonchev–Trinajstić information content (AvgIpc) is 3.69. The van der Waals surface area contributed by atoms with Gasteiger partial charge < -0.3 is 19.3 Å². The van der Waals surface area contributed by atoms with Crippen LogP contribution >= 0.6 is 0 Å². The second-order valence-electron chi connectivity index (χ2n) is 11.6. The molecule has 3 aliphatic rings. The summed E-state index contributed by atoms with van der Waals surface area (Å²) in [5, 5.41) is 17.0. The van der Waals surface area contributed by atoms with Gasteiger partial charge in [-0.15, -0.1) is 13.2 Å². The third-order valence-corrected chi connectivity index (χ3v) is 8.70. The maximum absolute atomic E-state index is 14.0. The Balaban J connectivity index is 1.06. The van der Waals surface area contributed by atoms with Crippen LogP contribution in [0.3, 0.4) is 0 Å². The minimum Gasteiger partial charge on any atom is -0.405 e. The number of aromatic nitrogens is 3. The van der Waals surface area contributed by atoms with E-state index in [0.29, 0.717) is 45.7 Å². The summed E-state index contributed by atoms with van der Waals surface area (Å²) < 4.78 is 69.7. The van der Waals surface area contributed by atoms with Crippen LogP contribution in [0.25, 0.3) is 22.3 Å². The summed E-state index contributed by atoms with van der Waals surface area (Å²) in [7, 11) is 0. The molecule has 2 unspecified atom stereocenters. The lowest BCUT2D eigenvalue weighted by Crippen LogP contribution is -2.39. The van der Waals surface area contributed by atoms with E-state index in [1.165, 1.54) is 18.2 Å². The summed E-state index contributed by atoms with van der Waals surface area (Å²) in [5.74, 6) is 1.15. The van der Waals surface area contributed by atoms with Crippen LogP contribution < -0.4 is 10.1 Å². The number of nitriles is 1. The normalized spacial score (nSPS) is 23.3. The van der Waals surface area contributed by atoms with Crippen molar-refractivity contribution in [3.8, 4) is 23.1 Å². The Bertz CT molecular complexity index is 1700. The number of hydrogen-bond donors (Lipinski definition) is 1. The number of anilines is 1. The lowest BCUT2D eigenvalue weighted by molar-refractivity contribution is -0.274. The van der Waals surface area contributed by atoms with Crippen molar-refractivity contribution in [3.05, 3.63) is 65.3 Å². The molecule has 0 aliphatic heterocycles. The zero-order valence-electron chi connectivity index (χ0n) is 22.9. The maximum Gasteiger partial charge on any atom is 0.573 e. The Hall–Kier alpha value is -4.24.